The summed E-state index contributed by atoms with van der Waals surface area (Å²) in [4.78, 5) is 24.1. The third-order valence-corrected chi connectivity index (χ3v) is 4.28. The topological polar surface area (TPSA) is 88.1 Å². The number of carbonyl (C=O) groups is 2. The summed E-state index contributed by atoms with van der Waals surface area (Å²) in [6, 6.07) is 11.7. The Labute approximate surface area is 172 Å². The maximum Gasteiger partial charge on any atom is 0.319 e. The molecular weight excluding hydrogens is 392 g/mol. The van der Waals surface area contributed by atoms with Crippen molar-refractivity contribution in [2.45, 2.75) is 19.9 Å². The monoisotopic (exact) mass is 413 g/mol. The van der Waals surface area contributed by atoms with E-state index in [9.17, 15) is 18.4 Å². The molecule has 3 rings (SSSR count). The average Bonchev–Trinajstić information content (AvgIpc) is 3.05. The van der Waals surface area contributed by atoms with Crippen LogP contribution in [0, 0.1) is 18.6 Å². The second kappa shape index (κ2) is 9.64. The SMILES string of the molecule is Cc1cnn(Cc2cc(F)ccc2F)c1NC(=O)CCNC(=O)Nc1ccccc1. The van der Waals surface area contributed by atoms with Gasteiger partial charge in [0, 0.05) is 29.8 Å². The van der Waals surface area contributed by atoms with E-state index in [-0.39, 0.29) is 31.0 Å². The summed E-state index contributed by atoms with van der Waals surface area (Å²) in [5.41, 5.74) is 1.44. The number of rotatable bonds is 7. The van der Waals surface area contributed by atoms with Gasteiger partial charge in [-0.1, -0.05) is 18.2 Å². The molecule has 0 aliphatic rings. The molecule has 156 valence electrons. The van der Waals surface area contributed by atoms with Crippen molar-refractivity contribution in [1.82, 2.24) is 15.1 Å². The summed E-state index contributed by atoms with van der Waals surface area (Å²) in [7, 11) is 0. The second-order valence-electron chi connectivity index (χ2n) is 6.61. The number of para-hydroxylation sites is 1. The highest BCUT2D eigenvalue weighted by molar-refractivity contribution is 5.92. The summed E-state index contributed by atoms with van der Waals surface area (Å²) >= 11 is 0. The number of benzene rings is 2. The quantitative estimate of drug-likeness (QED) is 0.552. The zero-order chi connectivity index (χ0) is 21.5. The van der Waals surface area contributed by atoms with Crippen molar-refractivity contribution < 1.29 is 18.4 Å². The lowest BCUT2D eigenvalue weighted by molar-refractivity contribution is -0.116. The Bertz CT molecular complexity index is 1040. The lowest BCUT2D eigenvalue weighted by Crippen LogP contribution is -2.31. The molecule has 7 nitrogen and oxygen atoms in total. The van der Waals surface area contributed by atoms with Crippen molar-refractivity contribution in [2.24, 2.45) is 0 Å². The molecule has 0 aliphatic heterocycles. The van der Waals surface area contributed by atoms with E-state index in [4.69, 9.17) is 0 Å². The first-order valence-corrected chi connectivity index (χ1v) is 9.28. The van der Waals surface area contributed by atoms with Crippen LogP contribution < -0.4 is 16.0 Å². The van der Waals surface area contributed by atoms with E-state index in [1.54, 1.807) is 31.2 Å². The molecule has 1 heterocycles. The van der Waals surface area contributed by atoms with E-state index >= 15 is 0 Å². The van der Waals surface area contributed by atoms with Crippen molar-refractivity contribution in [2.75, 3.05) is 17.2 Å². The lowest BCUT2D eigenvalue weighted by Gasteiger charge is -2.12. The van der Waals surface area contributed by atoms with E-state index in [0.717, 1.165) is 18.2 Å². The van der Waals surface area contributed by atoms with Gasteiger partial charge in [-0.05, 0) is 37.3 Å². The van der Waals surface area contributed by atoms with Crippen LogP contribution in [0.15, 0.2) is 54.7 Å². The van der Waals surface area contributed by atoms with E-state index in [0.29, 0.717) is 17.1 Å². The number of aromatic nitrogens is 2. The third kappa shape index (κ3) is 5.63. The maximum absolute atomic E-state index is 13.9. The average molecular weight is 413 g/mol. The van der Waals surface area contributed by atoms with E-state index in [1.807, 2.05) is 6.07 Å². The minimum Gasteiger partial charge on any atom is -0.337 e. The minimum atomic E-state index is -0.560. The maximum atomic E-state index is 13.9. The number of halogens is 2. The molecule has 0 spiro atoms. The van der Waals surface area contributed by atoms with E-state index in [1.165, 1.54) is 10.9 Å². The van der Waals surface area contributed by atoms with Crippen LogP contribution in [0.4, 0.5) is 25.1 Å². The summed E-state index contributed by atoms with van der Waals surface area (Å²) in [6.45, 7) is 1.83. The Hall–Kier alpha value is -3.75. The zero-order valence-electron chi connectivity index (χ0n) is 16.3. The van der Waals surface area contributed by atoms with Crippen molar-refractivity contribution in [3.05, 3.63) is 77.5 Å². The first kappa shape index (κ1) is 21.0. The van der Waals surface area contributed by atoms with Crippen molar-refractivity contribution in [3.63, 3.8) is 0 Å². The van der Waals surface area contributed by atoms with Gasteiger partial charge >= 0.3 is 6.03 Å². The second-order valence-corrected chi connectivity index (χ2v) is 6.61. The summed E-state index contributed by atoms with van der Waals surface area (Å²) < 4.78 is 28.7. The molecule has 0 bridgehead atoms. The molecule has 0 saturated heterocycles. The molecule has 0 aliphatic carbocycles. The minimum absolute atomic E-state index is 0.0289. The Balaban J connectivity index is 1.53. The summed E-state index contributed by atoms with van der Waals surface area (Å²) in [5.74, 6) is -1.08. The fourth-order valence-corrected chi connectivity index (χ4v) is 2.77. The molecule has 3 aromatic rings. The van der Waals surface area contributed by atoms with E-state index < -0.39 is 17.7 Å². The van der Waals surface area contributed by atoms with Crippen LogP contribution in [0.25, 0.3) is 0 Å². The number of hydrogen-bond donors (Lipinski definition) is 3. The van der Waals surface area contributed by atoms with Gasteiger partial charge in [0.05, 0.1) is 12.7 Å². The van der Waals surface area contributed by atoms with Crippen molar-refractivity contribution in [1.29, 1.82) is 0 Å². The Morgan fingerprint density at radius 2 is 1.83 bits per heavy atom. The number of nitrogens with one attached hydrogen (secondary N) is 3. The van der Waals surface area contributed by atoms with Gasteiger partial charge in [-0.25, -0.2) is 18.3 Å². The van der Waals surface area contributed by atoms with Gasteiger partial charge in [-0.15, -0.1) is 0 Å². The van der Waals surface area contributed by atoms with Gasteiger partial charge in [-0.2, -0.15) is 5.10 Å². The van der Waals surface area contributed by atoms with Crippen LogP contribution in [0.3, 0.4) is 0 Å². The molecule has 1 aromatic heterocycles. The van der Waals surface area contributed by atoms with Crippen LogP contribution in [-0.2, 0) is 11.3 Å². The van der Waals surface area contributed by atoms with Gasteiger partial charge in [-0.3, -0.25) is 4.79 Å². The number of amides is 3. The Kier molecular flexibility index (Phi) is 6.74. The fraction of sp³-hybridized carbons (Fsp3) is 0.190. The Morgan fingerprint density at radius 3 is 2.60 bits per heavy atom. The molecular formula is C21H21F2N5O2. The highest BCUT2D eigenvalue weighted by atomic mass is 19.1. The van der Waals surface area contributed by atoms with Crippen LogP contribution in [0.1, 0.15) is 17.5 Å². The molecule has 0 radical (unpaired) electrons. The van der Waals surface area contributed by atoms with Gasteiger partial charge in [0.2, 0.25) is 5.91 Å². The smallest absolute Gasteiger partial charge is 0.319 e. The summed E-state index contributed by atoms with van der Waals surface area (Å²) in [5, 5.41) is 12.1. The predicted molar refractivity (Wildman–Crippen MR) is 109 cm³/mol. The normalized spacial score (nSPS) is 10.5. The van der Waals surface area contributed by atoms with Gasteiger partial charge in [0.25, 0.3) is 0 Å². The number of hydrogen-bond acceptors (Lipinski definition) is 3. The molecule has 9 heteroatoms. The van der Waals surface area contributed by atoms with Crippen molar-refractivity contribution in [3.8, 4) is 0 Å². The standard InChI is InChI=1S/C21H21F2N5O2/c1-14-12-25-28(13-15-11-16(22)7-8-18(15)23)20(14)27-19(29)9-10-24-21(30)26-17-5-3-2-4-6-17/h2-8,11-12H,9-10,13H2,1H3,(H,27,29)(H2,24,26,30). The number of anilines is 2. The highest BCUT2D eigenvalue weighted by Gasteiger charge is 2.14. The summed E-state index contributed by atoms with van der Waals surface area (Å²) in [6.07, 6.45) is 1.56. The number of carbonyl (C=O) groups excluding carboxylic acids is 2. The van der Waals surface area contributed by atoms with Crippen LogP contribution in [0.2, 0.25) is 0 Å². The highest BCUT2D eigenvalue weighted by Crippen LogP contribution is 2.18. The lowest BCUT2D eigenvalue weighted by atomic mass is 10.2. The number of aryl methyl sites for hydroxylation is 1. The number of urea groups is 1. The molecule has 30 heavy (non-hydrogen) atoms. The van der Waals surface area contributed by atoms with Gasteiger partial charge in [0.15, 0.2) is 0 Å². The molecule has 0 atom stereocenters. The zero-order valence-corrected chi connectivity index (χ0v) is 16.3. The molecule has 3 amide bonds. The molecule has 0 unspecified atom stereocenters. The van der Waals surface area contributed by atoms with Crippen molar-refractivity contribution >= 4 is 23.4 Å². The molecule has 2 aromatic carbocycles. The largest absolute Gasteiger partial charge is 0.337 e. The third-order valence-electron chi connectivity index (χ3n) is 4.28. The molecule has 0 saturated carbocycles. The predicted octanol–water partition coefficient (Wildman–Crippen LogP) is 3.67. The van der Waals surface area contributed by atoms with Crippen LogP contribution in [0.5, 0.6) is 0 Å². The van der Waals surface area contributed by atoms with E-state index in [2.05, 4.69) is 21.0 Å². The first-order valence-electron chi connectivity index (χ1n) is 9.28. The van der Waals surface area contributed by atoms with Crippen LogP contribution >= 0.6 is 0 Å². The first-order chi connectivity index (χ1) is 14.4. The molecule has 3 N–H and O–H groups in total. The van der Waals surface area contributed by atoms with Crippen LogP contribution in [-0.4, -0.2) is 28.3 Å². The van der Waals surface area contributed by atoms with Gasteiger partial charge < -0.3 is 16.0 Å². The fourth-order valence-electron chi connectivity index (χ4n) is 2.77. The number of nitrogens with zero attached hydrogens (tertiary/aromatic N) is 2. The van der Waals surface area contributed by atoms with Gasteiger partial charge in [0.1, 0.15) is 17.5 Å². The molecule has 0 fully saturated rings. The Morgan fingerprint density at radius 1 is 1.07 bits per heavy atom.